The number of nitrogens with zero attached hydrogens (tertiary/aromatic N) is 5. The van der Waals surface area contributed by atoms with Crippen LogP contribution < -0.4 is 5.32 Å². The second-order valence-electron chi connectivity index (χ2n) is 6.75. The van der Waals surface area contributed by atoms with Gasteiger partial charge in [-0.05, 0) is 40.6 Å². The van der Waals surface area contributed by atoms with Crippen LogP contribution in [-0.4, -0.2) is 52.9 Å². The van der Waals surface area contributed by atoms with E-state index in [2.05, 4.69) is 20.8 Å². The maximum atomic E-state index is 13.1. The molecular weight excluding hydrogens is 392 g/mol. The van der Waals surface area contributed by atoms with Gasteiger partial charge in [-0.3, -0.25) is 4.79 Å². The first-order chi connectivity index (χ1) is 13.8. The summed E-state index contributed by atoms with van der Waals surface area (Å²) in [4.78, 5) is 13.2. The van der Waals surface area contributed by atoms with Crippen molar-refractivity contribution in [2.45, 2.75) is 24.3 Å². The van der Waals surface area contributed by atoms with E-state index < -0.39 is 16.1 Å². The zero-order valence-electron chi connectivity index (χ0n) is 16.3. The third-order valence-electron chi connectivity index (χ3n) is 4.50. The number of aromatic nitrogens is 4. The van der Waals surface area contributed by atoms with Gasteiger partial charge in [0.2, 0.25) is 15.9 Å². The number of amides is 1. The van der Waals surface area contributed by atoms with Crippen LogP contribution in [0.2, 0.25) is 0 Å². The highest BCUT2D eigenvalue weighted by molar-refractivity contribution is 7.89. The van der Waals surface area contributed by atoms with Crippen molar-refractivity contribution in [3.05, 3.63) is 66.0 Å². The molecule has 0 aliphatic rings. The number of hydrogen-bond donors (Lipinski definition) is 1. The summed E-state index contributed by atoms with van der Waals surface area (Å²) < 4.78 is 27.4. The zero-order valence-corrected chi connectivity index (χ0v) is 17.2. The number of nitrogens with one attached hydrogen (secondary N) is 1. The summed E-state index contributed by atoms with van der Waals surface area (Å²) in [5, 5.41) is 14.0. The number of anilines is 1. The van der Waals surface area contributed by atoms with Gasteiger partial charge in [0.25, 0.3) is 0 Å². The molecule has 9 nitrogen and oxygen atoms in total. The van der Waals surface area contributed by atoms with Crippen LogP contribution in [0.15, 0.2) is 59.8 Å². The second-order valence-corrected chi connectivity index (χ2v) is 8.90. The van der Waals surface area contributed by atoms with Gasteiger partial charge >= 0.3 is 0 Å². The lowest BCUT2D eigenvalue weighted by Crippen LogP contribution is -2.29. The molecule has 1 heterocycles. The smallest absolute Gasteiger partial charge is 0.249 e. The van der Waals surface area contributed by atoms with Crippen LogP contribution in [0, 0.1) is 6.92 Å². The molecule has 3 aromatic rings. The van der Waals surface area contributed by atoms with Crippen molar-refractivity contribution < 1.29 is 13.2 Å². The van der Waals surface area contributed by atoms with Crippen LogP contribution in [0.25, 0.3) is 0 Å². The monoisotopic (exact) mass is 414 g/mol. The van der Waals surface area contributed by atoms with Crippen molar-refractivity contribution in [1.82, 2.24) is 24.5 Å². The Kier molecular flexibility index (Phi) is 6.04. The highest BCUT2D eigenvalue weighted by atomic mass is 32.2. The molecule has 1 N–H and O–H groups in total. The highest BCUT2D eigenvalue weighted by Gasteiger charge is 2.24. The SMILES string of the molecule is Cc1ccc(S(=O)(=O)N(C)C)cc1NC(=O)[C@@H](Cc1ccccc1)n1cnnn1. The normalized spacial score (nSPS) is 12.7. The molecule has 0 unspecified atom stereocenters. The number of carbonyl (C=O) groups is 1. The molecule has 29 heavy (non-hydrogen) atoms. The number of tetrazole rings is 1. The Morgan fingerprint density at radius 3 is 2.52 bits per heavy atom. The van der Waals surface area contributed by atoms with E-state index in [9.17, 15) is 13.2 Å². The molecule has 3 rings (SSSR count). The topological polar surface area (TPSA) is 110 Å². The van der Waals surface area contributed by atoms with Gasteiger partial charge in [-0.2, -0.15) is 0 Å². The third-order valence-corrected chi connectivity index (χ3v) is 6.32. The van der Waals surface area contributed by atoms with E-state index in [0.717, 1.165) is 15.4 Å². The molecule has 1 atom stereocenters. The average molecular weight is 414 g/mol. The summed E-state index contributed by atoms with van der Waals surface area (Å²) in [5.74, 6) is -0.344. The lowest BCUT2D eigenvalue weighted by Gasteiger charge is -2.18. The van der Waals surface area contributed by atoms with Crippen molar-refractivity contribution >= 4 is 21.6 Å². The Morgan fingerprint density at radius 2 is 1.90 bits per heavy atom. The minimum Gasteiger partial charge on any atom is -0.324 e. The number of aryl methyl sites for hydroxylation is 1. The molecule has 0 aliphatic heterocycles. The Hall–Kier alpha value is -3.11. The van der Waals surface area contributed by atoms with Crippen LogP contribution in [0.4, 0.5) is 5.69 Å². The summed E-state index contributed by atoms with van der Waals surface area (Å²) in [6.07, 6.45) is 1.76. The van der Waals surface area contributed by atoms with E-state index in [4.69, 9.17) is 0 Å². The summed E-state index contributed by atoms with van der Waals surface area (Å²) >= 11 is 0. The van der Waals surface area contributed by atoms with E-state index in [1.165, 1.54) is 37.2 Å². The summed E-state index contributed by atoms with van der Waals surface area (Å²) in [6, 6.07) is 13.5. The van der Waals surface area contributed by atoms with Gasteiger partial charge in [0.15, 0.2) is 0 Å². The quantitative estimate of drug-likeness (QED) is 0.630. The molecule has 1 amide bonds. The van der Waals surface area contributed by atoms with Crippen molar-refractivity contribution in [1.29, 1.82) is 0 Å². The molecular formula is C19H22N6O3S. The predicted octanol–water partition coefficient (Wildman–Crippen LogP) is 1.65. The fourth-order valence-electron chi connectivity index (χ4n) is 2.78. The number of sulfonamides is 1. The minimum atomic E-state index is -3.62. The molecule has 2 aromatic carbocycles. The van der Waals surface area contributed by atoms with Crippen LogP contribution in [-0.2, 0) is 21.2 Å². The molecule has 10 heteroatoms. The van der Waals surface area contributed by atoms with Crippen molar-refractivity contribution in [2.24, 2.45) is 0 Å². The molecule has 0 radical (unpaired) electrons. The maximum Gasteiger partial charge on any atom is 0.249 e. The second kappa shape index (κ2) is 8.50. The van der Waals surface area contributed by atoms with E-state index in [-0.39, 0.29) is 10.8 Å². The Labute approximate surface area is 169 Å². The molecule has 0 bridgehead atoms. The highest BCUT2D eigenvalue weighted by Crippen LogP contribution is 2.24. The van der Waals surface area contributed by atoms with Gasteiger partial charge in [0, 0.05) is 26.2 Å². The number of carbonyl (C=O) groups excluding carboxylic acids is 1. The van der Waals surface area contributed by atoms with Gasteiger partial charge in [-0.15, -0.1) is 5.10 Å². The van der Waals surface area contributed by atoms with Crippen molar-refractivity contribution in [2.75, 3.05) is 19.4 Å². The van der Waals surface area contributed by atoms with Crippen LogP contribution in [0.3, 0.4) is 0 Å². The first kappa shape index (κ1) is 20.6. The third kappa shape index (κ3) is 4.66. The molecule has 152 valence electrons. The Bertz CT molecular complexity index is 1080. The van der Waals surface area contributed by atoms with Gasteiger partial charge in [-0.25, -0.2) is 17.4 Å². The van der Waals surface area contributed by atoms with E-state index in [1.807, 2.05) is 30.3 Å². The van der Waals surface area contributed by atoms with Gasteiger partial charge in [-0.1, -0.05) is 36.4 Å². The standard InChI is InChI=1S/C19H22N6O3S/c1-14-9-10-16(29(27,28)24(2)3)12-17(14)21-19(26)18(25-13-20-22-23-25)11-15-7-5-4-6-8-15/h4-10,12-13,18H,11H2,1-3H3,(H,21,26)/t18-/m1/s1. The Balaban J connectivity index is 1.90. The molecule has 0 saturated heterocycles. The minimum absolute atomic E-state index is 0.102. The van der Waals surface area contributed by atoms with Gasteiger partial charge in [0.05, 0.1) is 4.90 Å². The first-order valence-electron chi connectivity index (χ1n) is 8.89. The fraction of sp³-hybridized carbons (Fsp3) is 0.263. The molecule has 1 aromatic heterocycles. The van der Waals surface area contributed by atoms with Gasteiger partial charge < -0.3 is 5.32 Å². The van der Waals surface area contributed by atoms with Gasteiger partial charge in [0.1, 0.15) is 12.4 Å². The largest absolute Gasteiger partial charge is 0.324 e. The first-order valence-corrected chi connectivity index (χ1v) is 10.3. The molecule has 0 spiro atoms. The zero-order chi connectivity index (χ0) is 21.0. The molecule has 0 aliphatic carbocycles. The molecule has 0 saturated carbocycles. The van der Waals surface area contributed by atoms with E-state index in [0.29, 0.717) is 12.1 Å². The number of rotatable bonds is 7. The van der Waals surface area contributed by atoms with Crippen molar-refractivity contribution in [3.8, 4) is 0 Å². The lowest BCUT2D eigenvalue weighted by atomic mass is 10.1. The number of hydrogen-bond acceptors (Lipinski definition) is 6. The van der Waals surface area contributed by atoms with Crippen LogP contribution in [0.1, 0.15) is 17.2 Å². The fourth-order valence-corrected chi connectivity index (χ4v) is 3.71. The summed E-state index contributed by atoms with van der Waals surface area (Å²) in [6.45, 7) is 1.80. The summed E-state index contributed by atoms with van der Waals surface area (Å²) in [7, 11) is -0.701. The number of benzene rings is 2. The van der Waals surface area contributed by atoms with Crippen molar-refractivity contribution in [3.63, 3.8) is 0 Å². The van der Waals surface area contributed by atoms with E-state index in [1.54, 1.807) is 13.0 Å². The predicted molar refractivity (Wildman–Crippen MR) is 108 cm³/mol. The molecule has 0 fully saturated rings. The van der Waals surface area contributed by atoms with Crippen LogP contribution >= 0.6 is 0 Å². The van der Waals surface area contributed by atoms with Crippen LogP contribution in [0.5, 0.6) is 0 Å². The van der Waals surface area contributed by atoms with E-state index >= 15 is 0 Å². The lowest BCUT2D eigenvalue weighted by molar-refractivity contribution is -0.119. The Morgan fingerprint density at radius 1 is 1.17 bits per heavy atom. The average Bonchev–Trinajstić information content (AvgIpc) is 3.22. The summed E-state index contributed by atoms with van der Waals surface area (Å²) in [5.41, 5.74) is 2.11. The maximum absolute atomic E-state index is 13.1.